The summed E-state index contributed by atoms with van der Waals surface area (Å²) < 4.78 is 0. The van der Waals surface area contributed by atoms with Crippen LogP contribution in [-0.2, 0) is 0 Å². The Labute approximate surface area is 108 Å². The first-order chi connectivity index (χ1) is 8.27. The highest BCUT2D eigenvalue weighted by Crippen LogP contribution is 2.42. The van der Waals surface area contributed by atoms with Crippen molar-refractivity contribution in [3.05, 3.63) is 23.2 Å². The van der Waals surface area contributed by atoms with Crippen molar-refractivity contribution in [2.24, 2.45) is 0 Å². The highest BCUT2D eigenvalue weighted by atomic mass is 35.5. The van der Waals surface area contributed by atoms with Crippen LogP contribution in [0.25, 0.3) is 0 Å². The van der Waals surface area contributed by atoms with Crippen LogP contribution >= 0.6 is 11.6 Å². The van der Waals surface area contributed by atoms with Gasteiger partial charge in [-0.25, -0.2) is 0 Å². The third kappa shape index (κ3) is 1.89. The van der Waals surface area contributed by atoms with Crippen LogP contribution in [0.15, 0.2) is 18.2 Å². The fraction of sp³-hybridized carbons (Fsp3) is 0.571. The molecule has 2 heterocycles. The average Bonchev–Trinajstić information content (AvgIpc) is 2.28. The lowest BCUT2D eigenvalue weighted by Crippen LogP contribution is -2.50. The molecule has 2 saturated heterocycles. The molecule has 17 heavy (non-hydrogen) atoms. The van der Waals surface area contributed by atoms with Gasteiger partial charge < -0.3 is 10.6 Å². The van der Waals surface area contributed by atoms with Crippen LogP contribution in [0.5, 0.6) is 0 Å². The summed E-state index contributed by atoms with van der Waals surface area (Å²) in [7, 11) is 0. The van der Waals surface area contributed by atoms with E-state index in [4.69, 9.17) is 17.3 Å². The van der Waals surface area contributed by atoms with E-state index in [0.717, 1.165) is 16.4 Å². The molecular formula is C14H19ClN2. The van der Waals surface area contributed by atoms with Crippen molar-refractivity contribution < 1.29 is 0 Å². The predicted molar refractivity (Wildman–Crippen MR) is 73.6 cm³/mol. The minimum atomic E-state index is 0.657. The molecule has 0 saturated carbocycles. The van der Waals surface area contributed by atoms with Crippen molar-refractivity contribution in [3.8, 4) is 0 Å². The van der Waals surface area contributed by atoms with Crippen LogP contribution < -0.4 is 10.6 Å². The molecule has 2 nitrogen and oxygen atoms in total. The number of fused-ring (bicyclic) bond motifs is 2. The molecule has 1 aromatic carbocycles. The zero-order valence-electron chi connectivity index (χ0n) is 10.0. The molecule has 0 radical (unpaired) electrons. The van der Waals surface area contributed by atoms with Gasteiger partial charge in [-0.2, -0.15) is 0 Å². The van der Waals surface area contributed by atoms with Crippen LogP contribution in [0.4, 0.5) is 11.4 Å². The third-order valence-electron chi connectivity index (χ3n) is 4.21. The second kappa shape index (κ2) is 4.41. The smallest absolute Gasteiger partial charge is 0.0794 e. The first-order valence-electron chi connectivity index (χ1n) is 6.59. The van der Waals surface area contributed by atoms with Crippen molar-refractivity contribution in [3.63, 3.8) is 0 Å². The Morgan fingerprint density at radius 2 is 1.65 bits per heavy atom. The van der Waals surface area contributed by atoms with E-state index in [0.29, 0.717) is 12.1 Å². The van der Waals surface area contributed by atoms with Gasteiger partial charge in [0, 0.05) is 12.1 Å². The summed E-state index contributed by atoms with van der Waals surface area (Å²) in [5.41, 5.74) is 8.05. The summed E-state index contributed by atoms with van der Waals surface area (Å²) >= 11 is 6.35. The molecule has 0 spiro atoms. The van der Waals surface area contributed by atoms with E-state index in [-0.39, 0.29) is 0 Å². The molecule has 2 bridgehead atoms. The first-order valence-corrected chi connectivity index (χ1v) is 6.97. The van der Waals surface area contributed by atoms with Crippen LogP contribution in [0, 0.1) is 0 Å². The normalized spacial score (nSPS) is 28.2. The molecule has 2 fully saturated rings. The van der Waals surface area contributed by atoms with Gasteiger partial charge in [0.25, 0.3) is 0 Å². The average molecular weight is 251 g/mol. The SMILES string of the molecule is Nc1cccc(Cl)c1N1C2CCCC1CCC2. The number of hydrogen-bond acceptors (Lipinski definition) is 2. The van der Waals surface area contributed by atoms with Gasteiger partial charge in [0.2, 0.25) is 0 Å². The maximum atomic E-state index is 6.35. The Hall–Kier alpha value is -0.890. The van der Waals surface area contributed by atoms with E-state index in [9.17, 15) is 0 Å². The summed E-state index contributed by atoms with van der Waals surface area (Å²) in [6.07, 6.45) is 7.89. The van der Waals surface area contributed by atoms with Crippen LogP contribution in [0.3, 0.4) is 0 Å². The van der Waals surface area contributed by atoms with E-state index in [2.05, 4.69) is 4.90 Å². The molecule has 3 heteroatoms. The first kappa shape index (κ1) is 11.2. The largest absolute Gasteiger partial charge is 0.397 e. The van der Waals surface area contributed by atoms with Gasteiger partial charge in [-0.15, -0.1) is 0 Å². The summed E-state index contributed by atoms with van der Waals surface area (Å²) in [5, 5.41) is 0.809. The number of rotatable bonds is 1. The lowest BCUT2D eigenvalue weighted by molar-refractivity contribution is 0.297. The molecule has 1 aromatic rings. The second-order valence-corrected chi connectivity index (χ2v) is 5.66. The molecule has 0 atom stereocenters. The lowest BCUT2D eigenvalue weighted by Gasteiger charge is -2.48. The zero-order chi connectivity index (χ0) is 11.8. The maximum Gasteiger partial charge on any atom is 0.0794 e. The summed E-state index contributed by atoms with van der Waals surface area (Å²) in [5.74, 6) is 0. The number of nitrogens with zero attached hydrogens (tertiary/aromatic N) is 1. The molecule has 3 rings (SSSR count). The fourth-order valence-electron chi connectivity index (χ4n) is 3.49. The molecule has 0 unspecified atom stereocenters. The molecule has 92 valence electrons. The van der Waals surface area contributed by atoms with E-state index in [1.54, 1.807) is 0 Å². The van der Waals surface area contributed by atoms with Gasteiger partial charge in [-0.05, 0) is 50.7 Å². The van der Waals surface area contributed by atoms with Gasteiger partial charge in [-0.1, -0.05) is 17.7 Å². The van der Waals surface area contributed by atoms with Crippen molar-refractivity contribution in [1.29, 1.82) is 0 Å². The minimum Gasteiger partial charge on any atom is -0.397 e. The summed E-state index contributed by atoms with van der Waals surface area (Å²) in [4.78, 5) is 2.52. The fourth-order valence-corrected chi connectivity index (χ4v) is 3.77. The molecule has 2 aliphatic rings. The number of para-hydroxylation sites is 1. The molecule has 2 N–H and O–H groups in total. The van der Waals surface area contributed by atoms with Gasteiger partial charge >= 0.3 is 0 Å². The Morgan fingerprint density at radius 1 is 1.06 bits per heavy atom. The Morgan fingerprint density at radius 3 is 2.18 bits per heavy atom. The maximum absolute atomic E-state index is 6.35. The third-order valence-corrected chi connectivity index (χ3v) is 4.52. The van der Waals surface area contributed by atoms with Crippen LogP contribution in [0.1, 0.15) is 38.5 Å². The number of halogens is 1. The predicted octanol–water partition coefficient (Wildman–Crippen LogP) is 3.83. The Bertz CT molecular complexity index is 376. The minimum absolute atomic E-state index is 0.657. The number of nitrogen functional groups attached to an aromatic ring is 1. The van der Waals surface area contributed by atoms with Gasteiger partial charge in [0.15, 0.2) is 0 Å². The standard InChI is InChI=1S/C14H19ClN2/c15-12-8-3-9-13(16)14(12)17-10-4-1-5-11(17)7-2-6-10/h3,8-11H,1-2,4-7,16H2. The Kier molecular flexibility index (Phi) is 2.91. The number of hydrogen-bond donors (Lipinski definition) is 1. The molecular weight excluding hydrogens is 232 g/mol. The number of piperidine rings is 2. The van der Waals surface area contributed by atoms with Crippen molar-refractivity contribution in [2.75, 3.05) is 10.6 Å². The van der Waals surface area contributed by atoms with Crippen LogP contribution in [0.2, 0.25) is 5.02 Å². The highest BCUT2D eigenvalue weighted by molar-refractivity contribution is 6.34. The molecule has 0 aromatic heterocycles. The van der Waals surface area contributed by atoms with Crippen LogP contribution in [-0.4, -0.2) is 12.1 Å². The lowest BCUT2D eigenvalue weighted by atomic mass is 9.84. The number of benzene rings is 1. The monoisotopic (exact) mass is 250 g/mol. The molecule has 0 amide bonds. The second-order valence-electron chi connectivity index (χ2n) is 5.25. The van der Waals surface area contributed by atoms with E-state index in [1.807, 2.05) is 18.2 Å². The van der Waals surface area contributed by atoms with E-state index < -0.39 is 0 Å². The van der Waals surface area contributed by atoms with Gasteiger partial charge in [0.05, 0.1) is 16.4 Å². The van der Waals surface area contributed by atoms with Crippen molar-refractivity contribution >= 4 is 23.0 Å². The molecule has 2 aliphatic heterocycles. The summed E-state index contributed by atoms with van der Waals surface area (Å²) in [6.45, 7) is 0. The van der Waals surface area contributed by atoms with E-state index in [1.165, 1.54) is 38.5 Å². The van der Waals surface area contributed by atoms with Crippen molar-refractivity contribution in [1.82, 2.24) is 0 Å². The zero-order valence-corrected chi connectivity index (χ0v) is 10.8. The number of anilines is 2. The summed E-state index contributed by atoms with van der Waals surface area (Å²) in [6, 6.07) is 7.17. The topological polar surface area (TPSA) is 29.3 Å². The molecule has 0 aliphatic carbocycles. The Balaban J connectivity index is 2.02. The van der Waals surface area contributed by atoms with Gasteiger partial charge in [0.1, 0.15) is 0 Å². The number of nitrogens with two attached hydrogens (primary N) is 1. The van der Waals surface area contributed by atoms with Crippen molar-refractivity contribution in [2.45, 2.75) is 50.6 Å². The van der Waals surface area contributed by atoms with Gasteiger partial charge in [-0.3, -0.25) is 0 Å². The quantitative estimate of drug-likeness (QED) is 0.768. The highest BCUT2D eigenvalue weighted by Gasteiger charge is 2.35. The van der Waals surface area contributed by atoms with E-state index >= 15 is 0 Å².